The zero-order valence-electron chi connectivity index (χ0n) is 11.7. The van der Waals surface area contributed by atoms with Gasteiger partial charge in [0.15, 0.2) is 0 Å². The van der Waals surface area contributed by atoms with Crippen molar-refractivity contribution in [1.29, 1.82) is 5.26 Å². The zero-order chi connectivity index (χ0) is 15.1. The van der Waals surface area contributed by atoms with Crippen molar-refractivity contribution in [2.24, 2.45) is 0 Å². The van der Waals surface area contributed by atoms with Crippen LogP contribution in [0, 0.1) is 11.3 Å². The molecule has 0 spiro atoms. The number of hydrogen-bond acceptors (Lipinski definition) is 3. The molecule has 0 aliphatic heterocycles. The second-order valence-corrected chi connectivity index (χ2v) is 4.45. The number of rotatable bonds is 4. The van der Waals surface area contributed by atoms with Crippen molar-refractivity contribution in [3.63, 3.8) is 0 Å². The molecule has 0 radical (unpaired) electrons. The lowest BCUT2D eigenvalue weighted by Crippen LogP contribution is -2.24. The SMILES string of the molecule is CNC(=O)Nc1ccc(NCc2cccc(C#N)c2)cc1. The Kier molecular flexibility index (Phi) is 4.78. The fraction of sp³-hybridized carbons (Fsp3) is 0.125. The number of amides is 2. The third-order valence-electron chi connectivity index (χ3n) is 2.92. The molecule has 2 aromatic carbocycles. The summed E-state index contributed by atoms with van der Waals surface area (Å²) in [5.74, 6) is 0. The van der Waals surface area contributed by atoms with Crippen molar-refractivity contribution < 1.29 is 4.79 Å². The van der Waals surface area contributed by atoms with Crippen molar-refractivity contribution in [3.05, 3.63) is 59.7 Å². The molecule has 106 valence electrons. The van der Waals surface area contributed by atoms with E-state index in [4.69, 9.17) is 5.26 Å². The highest BCUT2D eigenvalue weighted by Gasteiger charge is 1.99. The van der Waals surface area contributed by atoms with Crippen LogP contribution in [0.5, 0.6) is 0 Å². The summed E-state index contributed by atoms with van der Waals surface area (Å²) in [7, 11) is 1.57. The van der Waals surface area contributed by atoms with E-state index in [0.717, 1.165) is 16.9 Å². The van der Waals surface area contributed by atoms with Gasteiger partial charge in [0.2, 0.25) is 0 Å². The van der Waals surface area contributed by atoms with Crippen LogP contribution in [0.4, 0.5) is 16.2 Å². The zero-order valence-corrected chi connectivity index (χ0v) is 11.7. The van der Waals surface area contributed by atoms with E-state index in [1.807, 2.05) is 42.5 Å². The molecule has 5 heteroatoms. The molecule has 0 saturated carbocycles. The number of carbonyl (C=O) groups is 1. The largest absolute Gasteiger partial charge is 0.381 e. The van der Waals surface area contributed by atoms with Gasteiger partial charge >= 0.3 is 6.03 Å². The summed E-state index contributed by atoms with van der Waals surface area (Å²) in [6.07, 6.45) is 0. The Labute approximate surface area is 123 Å². The lowest BCUT2D eigenvalue weighted by atomic mass is 10.1. The van der Waals surface area contributed by atoms with Gasteiger partial charge in [-0.2, -0.15) is 5.26 Å². The molecule has 0 atom stereocenters. The van der Waals surface area contributed by atoms with E-state index < -0.39 is 0 Å². The monoisotopic (exact) mass is 280 g/mol. The molecule has 0 unspecified atom stereocenters. The molecule has 3 N–H and O–H groups in total. The fourth-order valence-electron chi connectivity index (χ4n) is 1.82. The van der Waals surface area contributed by atoms with Gasteiger partial charge in [0.25, 0.3) is 0 Å². The van der Waals surface area contributed by atoms with E-state index in [-0.39, 0.29) is 6.03 Å². The van der Waals surface area contributed by atoms with Gasteiger partial charge in [-0.05, 0) is 42.0 Å². The van der Waals surface area contributed by atoms with Gasteiger partial charge in [-0.1, -0.05) is 12.1 Å². The average Bonchev–Trinajstić information content (AvgIpc) is 2.54. The van der Waals surface area contributed by atoms with Gasteiger partial charge in [0, 0.05) is 25.0 Å². The van der Waals surface area contributed by atoms with Crippen LogP contribution in [0.25, 0.3) is 0 Å². The summed E-state index contributed by atoms with van der Waals surface area (Å²) >= 11 is 0. The lowest BCUT2D eigenvalue weighted by molar-refractivity contribution is 0.254. The Morgan fingerprint density at radius 3 is 2.52 bits per heavy atom. The van der Waals surface area contributed by atoms with Gasteiger partial charge in [-0.15, -0.1) is 0 Å². The van der Waals surface area contributed by atoms with E-state index in [2.05, 4.69) is 22.0 Å². The maximum absolute atomic E-state index is 11.2. The van der Waals surface area contributed by atoms with E-state index in [1.165, 1.54) is 0 Å². The molecule has 0 aliphatic rings. The summed E-state index contributed by atoms with van der Waals surface area (Å²) < 4.78 is 0. The highest BCUT2D eigenvalue weighted by molar-refractivity contribution is 5.89. The minimum Gasteiger partial charge on any atom is -0.381 e. The maximum Gasteiger partial charge on any atom is 0.318 e. The molecule has 2 rings (SSSR count). The van der Waals surface area contributed by atoms with Gasteiger partial charge in [-0.25, -0.2) is 4.79 Å². The molecule has 0 heterocycles. The summed E-state index contributed by atoms with van der Waals surface area (Å²) in [4.78, 5) is 11.2. The molecule has 0 saturated heterocycles. The predicted octanol–water partition coefficient (Wildman–Crippen LogP) is 2.92. The molecular weight excluding hydrogens is 264 g/mol. The van der Waals surface area contributed by atoms with Crippen LogP contribution < -0.4 is 16.0 Å². The first-order valence-electron chi connectivity index (χ1n) is 6.53. The van der Waals surface area contributed by atoms with Gasteiger partial charge in [-0.3, -0.25) is 0 Å². The smallest absolute Gasteiger partial charge is 0.318 e. The van der Waals surface area contributed by atoms with Gasteiger partial charge < -0.3 is 16.0 Å². The Morgan fingerprint density at radius 1 is 1.14 bits per heavy atom. The van der Waals surface area contributed by atoms with Crippen molar-refractivity contribution >= 4 is 17.4 Å². The number of nitriles is 1. The number of nitrogens with zero attached hydrogens (tertiary/aromatic N) is 1. The van der Waals surface area contributed by atoms with Crippen molar-refractivity contribution in [3.8, 4) is 6.07 Å². The van der Waals surface area contributed by atoms with E-state index in [1.54, 1.807) is 13.1 Å². The molecule has 0 aliphatic carbocycles. The maximum atomic E-state index is 11.2. The minimum absolute atomic E-state index is 0.246. The number of urea groups is 1. The predicted molar refractivity (Wildman–Crippen MR) is 83.0 cm³/mol. The number of carbonyl (C=O) groups excluding carboxylic acids is 1. The van der Waals surface area contributed by atoms with Gasteiger partial charge in [0.1, 0.15) is 0 Å². The second kappa shape index (κ2) is 6.96. The number of nitrogens with one attached hydrogen (secondary N) is 3. The fourth-order valence-corrected chi connectivity index (χ4v) is 1.82. The van der Waals surface area contributed by atoms with Crippen LogP contribution in [-0.2, 0) is 6.54 Å². The molecule has 2 amide bonds. The molecule has 21 heavy (non-hydrogen) atoms. The first-order valence-corrected chi connectivity index (χ1v) is 6.53. The van der Waals surface area contributed by atoms with Crippen molar-refractivity contribution in [1.82, 2.24) is 5.32 Å². The first kappa shape index (κ1) is 14.4. The number of hydrogen-bond donors (Lipinski definition) is 3. The van der Waals surface area contributed by atoms with Crippen LogP contribution in [0.1, 0.15) is 11.1 Å². The first-order chi connectivity index (χ1) is 10.2. The normalized spacial score (nSPS) is 9.52. The Morgan fingerprint density at radius 2 is 1.86 bits per heavy atom. The van der Waals surface area contributed by atoms with Crippen LogP contribution in [0.15, 0.2) is 48.5 Å². The Balaban J connectivity index is 1.94. The average molecular weight is 280 g/mol. The highest BCUT2D eigenvalue weighted by Crippen LogP contribution is 2.15. The van der Waals surface area contributed by atoms with E-state index in [0.29, 0.717) is 12.1 Å². The Hall–Kier alpha value is -3.00. The third kappa shape index (κ3) is 4.25. The minimum atomic E-state index is -0.246. The van der Waals surface area contributed by atoms with Crippen molar-refractivity contribution in [2.75, 3.05) is 17.7 Å². The standard InChI is InChI=1S/C16H16N4O/c1-18-16(21)20-15-7-5-14(6-8-15)19-11-13-4-2-3-12(9-13)10-17/h2-9,19H,11H2,1H3,(H2,18,20,21). The van der Waals surface area contributed by atoms with Crippen molar-refractivity contribution in [2.45, 2.75) is 6.54 Å². The summed E-state index contributed by atoms with van der Waals surface area (Å²) in [5, 5.41) is 17.3. The van der Waals surface area contributed by atoms with E-state index >= 15 is 0 Å². The number of anilines is 2. The second-order valence-electron chi connectivity index (χ2n) is 4.45. The molecule has 2 aromatic rings. The molecular formula is C16H16N4O. The summed E-state index contributed by atoms with van der Waals surface area (Å²) in [6, 6.07) is 16.8. The van der Waals surface area contributed by atoms with Crippen LogP contribution in [-0.4, -0.2) is 13.1 Å². The Bertz CT molecular complexity index is 659. The van der Waals surface area contributed by atoms with Crippen LogP contribution in [0.2, 0.25) is 0 Å². The van der Waals surface area contributed by atoms with Crippen LogP contribution >= 0.6 is 0 Å². The summed E-state index contributed by atoms with van der Waals surface area (Å²) in [6.45, 7) is 0.637. The molecule has 0 aromatic heterocycles. The molecule has 0 fully saturated rings. The molecule has 0 bridgehead atoms. The molecule has 5 nitrogen and oxygen atoms in total. The quantitative estimate of drug-likeness (QED) is 0.806. The van der Waals surface area contributed by atoms with Gasteiger partial charge in [0.05, 0.1) is 11.6 Å². The van der Waals surface area contributed by atoms with Crippen LogP contribution in [0.3, 0.4) is 0 Å². The number of benzene rings is 2. The highest BCUT2D eigenvalue weighted by atomic mass is 16.2. The summed E-state index contributed by atoms with van der Waals surface area (Å²) in [5.41, 5.74) is 3.37. The third-order valence-corrected chi connectivity index (χ3v) is 2.92. The van der Waals surface area contributed by atoms with E-state index in [9.17, 15) is 4.79 Å². The lowest BCUT2D eigenvalue weighted by Gasteiger charge is -2.08. The topological polar surface area (TPSA) is 77.0 Å².